The second-order valence-corrected chi connectivity index (χ2v) is 11.3. The van der Waals surface area contributed by atoms with E-state index in [1.54, 1.807) is 16.7 Å². The Labute approximate surface area is 187 Å². The number of fused-ring (bicyclic) bond motifs is 1. The molecule has 7 nitrogen and oxygen atoms in total. The third kappa shape index (κ3) is 3.53. The summed E-state index contributed by atoms with van der Waals surface area (Å²) in [6.45, 7) is 6.12. The highest BCUT2D eigenvalue weighted by atomic mass is 32.2. The standard InChI is InChI=1S/C23H31N3O4S/c1-14(2)24-20(29)18-23-11-10-22(3,31-23)16(17(23)21(30)26(18)12-7-13-27)19(28)25-15-8-5-4-6-9-15/h4-6,8-9,14,16-18,27H,7,10-13H2,1-3H3,(H,24,29)(H,25,28)/t16-,17-,18?,22+,23?/m0/s1. The molecular weight excluding hydrogens is 414 g/mol. The van der Waals surface area contributed by atoms with Crippen LogP contribution in [0, 0.1) is 11.8 Å². The lowest BCUT2D eigenvalue weighted by molar-refractivity contribution is -0.139. The zero-order valence-electron chi connectivity index (χ0n) is 18.3. The number of nitrogens with one attached hydrogen (secondary N) is 2. The molecule has 31 heavy (non-hydrogen) atoms. The highest BCUT2D eigenvalue weighted by molar-refractivity contribution is 8.02. The Balaban J connectivity index is 1.70. The minimum atomic E-state index is -0.625. The molecule has 2 unspecified atom stereocenters. The van der Waals surface area contributed by atoms with E-state index in [-0.39, 0.29) is 30.4 Å². The van der Waals surface area contributed by atoms with Crippen LogP contribution in [0.3, 0.4) is 0 Å². The second-order valence-electron chi connectivity index (χ2n) is 9.35. The van der Waals surface area contributed by atoms with E-state index in [1.807, 2.05) is 44.2 Å². The first-order valence-corrected chi connectivity index (χ1v) is 11.8. The summed E-state index contributed by atoms with van der Waals surface area (Å²) in [7, 11) is 0. The van der Waals surface area contributed by atoms with Crippen molar-refractivity contribution in [1.82, 2.24) is 10.2 Å². The number of para-hydroxylation sites is 1. The van der Waals surface area contributed by atoms with Crippen LogP contribution in [0.1, 0.15) is 40.0 Å². The molecule has 3 aliphatic heterocycles. The molecule has 1 aromatic rings. The fourth-order valence-corrected chi connectivity index (χ4v) is 8.07. The number of carbonyl (C=O) groups is 3. The number of hydrogen-bond acceptors (Lipinski definition) is 5. The van der Waals surface area contributed by atoms with Crippen LogP contribution in [0.4, 0.5) is 5.69 Å². The monoisotopic (exact) mass is 445 g/mol. The maximum atomic E-state index is 13.7. The lowest BCUT2D eigenvalue weighted by Gasteiger charge is -2.35. The van der Waals surface area contributed by atoms with Crippen LogP contribution in [-0.4, -0.2) is 62.5 Å². The summed E-state index contributed by atoms with van der Waals surface area (Å²) >= 11 is 1.66. The summed E-state index contributed by atoms with van der Waals surface area (Å²) in [5.74, 6) is -1.51. The molecule has 4 rings (SSSR count). The minimum Gasteiger partial charge on any atom is -0.396 e. The van der Waals surface area contributed by atoms with Crippen molar-refractivity contribution in [2.45, 2.75) is 61.6 Å². The number of aliphatic hydroxyl groups is 1. The molecule has 0 saturated carbocycles. The van der Waals surface area contributed by atoms with E-state index in [1.165, 1.54) is 0 Å². The number of amides is 3. The lowest BCUT2D eigenvalue weighted by Crippen LogP contribution is -2.54. The molecule has 0 radical (unpaired) electrons. The molecule has 3 heterocycles. The van der Waals surface area contributed by atoms with E-state index < -0.39 is 27.4 Å². The molecule has 1 spiro atoms. The van der Waals surface area contributed by atoms with Gasteiger partial charge in [-0.3, -0.25) is 14.4 Å². The van der Waals surface area contributed by atoms with Crippen molar-refractivity contribution in [3.8, 4) is 0 Å². The smallest absolute Gasteiger partial charge is 0.244 e. The van der Waals surface area contributed by atoms with Gasteiger partial charge in [0.15, 0.2) is 0 Å². The van der Waals surface area contributed by atoms with Gasteiger partial charge in [-0.25, -0.2) is 0 Å². The van der Waals surface area contributed by atoms with Gasteiger partial charge in [0, 0.05) is 29.6 Å². The number of rotatable bonds is 7. The summed E-state index contributed by atoms with van der Waals surface area (Å²) in [5, 5.41) is 15.3. The average Bonchev–Trinajstić information content (AvgIpc) is 3.27. The van der Waals surface area contributed by atoms with Crippen molar-refractivity contribution in [1.29, 1.82) is 0 Å². The van der Waals surface area contributed by atoms with E-state index in [9.17, 15) is 19.5 Å². The SMILES string of the molecule is CC(C)NC(=O)C1N(CCCO)C(=O)[C@@H]2[C@@H](C(=O)Nc3ccccc3)[C@@]3(C)CCC12S3. The molecule has 3 fully saturated rings. The van der Waals surface area contributed by atoms with Crippen LogP contribution in [-0.2, 0) is 14.4 Å². The van der Waals surface area contributed by atoms with Gasteiger partial charge in [-0.2, -0.15) is 0 Å². The Hall–Kier alpha value is -2.06. The fraction of sp³-hybridized carbons (Fsp3) is 0.609. The van der Waals surface area contributed by atoms with Crippen molar-refractivity contribution in [2.24, 2.45) is 11.8 Å². The zero-order valence-corrected chi connectivity index (χ0v) is 19.1. The van der Waals surface area contributed by atoms with Crippen LogP contribution < -0.4 is 10.6 Å². The molecule has 1 aromatic carbocycles. The van der Waals surface area contributed by atoms with E-state index in [2.05, 4.69) is 17.6 Å². The van der Waals surface area contributed by atoms with Crippen molar-refractivity contribution >= 4 is 35.2 Å². The van der Waals surface area contributed by atoms with Crippen LogP contribution in [0.15, 0.2) is 30.3 Å². The quantitative estimate of drug-likeness (QED) is 0.596. The van der Waals surface area contributed by atoms with Gasteiger partial charge in [-0.05, 0) is 52.2 Å². The first-order chi connectivity index (χ1) is 14.7. The van der Waals surface area contributed by atoms with Gasteiger partial charge in [0.1, 0.15) is 6.04 Å². The highest BCUT2D eigenvalue weighted by Gasteiger charge is 2.77. The van der Waals surface area contributed by atoms with Gasteiger partial charge in [-0.15, -0.1) is 11.8 Å². The average molecular weight is 446 g/mol. The Morgan fingerprint density at radius 1 is 1.23 bits per heavy atom. The summed E-state index contributed by atoms with van der Waals surface area (Å²) in [4.78, 5) is 42.0. The van der Waals surface area contributed by atoms with Crippen molar-refractivity contribution in [3.63, 3.8) is 0 Å². The third-order valence-electron chi connectivity index (χ3n) is 6.84. The topological polar surface area (TPSA) is 98.7 Å². The van der Waals surface area contributed by atoms with E-state index >= 15 is 0 Å². The molecule has 5 atom stereocenters. The van der Waals surface area contributed by atoms with E-state index in [4.69, 9.17) is 0 Å². The first-order valence-electron chi connectivity index (χ1n) is 11.0. The number of thioether (sulfide) groups is 1. The maximum absolute atomic E-state index is 13.7. The number of aliphatic hydroxyl groups excluding tert-OH is 1. The fourth-order valence-electron chi connectivity index (χ4n) is 5.71. The third-order valence-corrected chi connectivity index (χ3v) is 8.82. The first kappa shape index (κ1) is 22.1. The zero-order chi connectivity index (χ0) is 22.4. The molecule has 0 aliphatic carbocycles. The Bertz CT molecular complexity index is 879. The van der Waals surface area contributed by atoms with Gasteiger partial charge >= 0.3 is 0 Å². The molecule has 3 aliphatic rings. The van der Waals surface area contributed by atoms with Gasteiger partial charge in [0.2, 0.25) is 17.7 Å². The Kier molecular flexibility index (Phi) is 5.81. The molecule has 8 heteroatoms. The second kappa shape index (κ2) is 8.13. The summed E-state index contributed by atoms with van der Waals surface area (Å²) in [5.41, 5.74) is 0.703. The number of anilines is 1. The number of likely N-dealkylation sites (tertiary alicyclic amines) is 1. The van der Waals surface area contributed by atoms with Gasteiger partial charge < -0.3 is 20.6 Å². The molecular formula is C23H31N3O4S. The summed E-state index contributed by atoms with van der Waals surface area (Å²) in [6.07, 6.45) is 1.92. The Morgan fingerprint density at radius 3 is 2.58 bits per heavy atom. The van der Waals surface area contributed by atoms with Crippen molar-refractivity contribution in [3.05, 3.63) is 30.3 Å². The number of carbonyl (C=O) groups excluding carboxylic acids is 3. The van der Waals surface area contributed by atoms with Gasteiger partial charge in [0.05, 0.1) is 16.6 Å². The van der Waals surface area contributed by atoms with Gasteiger partial charge in [-0.1, -0.05) is 18.2 Å². The molecule has 3 N–H and O–H groups in total. The summed E-state index contributed by atoms with van der Waals surface area (Å²) < 4.78 is -1.00. The molecule has 0 aromatic heterocycles. The van der Waals surface area contributed by atoms with Crippen molar-refractivity contribution < 1.29 is 19.5 Å². The van der Waals surface area contributed by atoms with E-state index in [0.717, 1.165) is 12.8 Å². The maximum Gasteiger partial charge on any atom is 0.244 e. The molecule has 168 valence electrons. The van der Waals surface area contributed by atoms with Crippen LogP contribution in [0.25, 0.3) is 0 Å². The highest BCUT2D eigenvalue weighted by Crippen LogP contribution is 2.71. The predicted octanol–water partition coefficient (Wildman–Crippen LogP) is 2.01. The molecule has 2 bridgehead atoms. The number of nitrogens with zero attached hydrogens (tertiary/aromatic N) is 1. The predicted molar refractivity (Wildman–Crippen MR) is 120 cm³/mol. The molecule has 3 amide bonds. The number of benzene rings is 1. The van der Waals surface area contributed by atoms with Crippen molar-refractivity contribution in [2.75, 3.05) is 18.5 Å². The summed E-state index contributed by atoms with van der Waals surface area (Å²) in [6, 6.07) is 8.60. The molecule has 3 saturated heterocycles. The van der Waals surface area contributed by atoms with E-state index in [0.29, 0.717) is 18.7 Å². The largest absolute Gasteiger partial charge is 0.396 e. The lowest BCUT2D eigenvalue weighted by atomic mass is 9.66. The minimum absolute atomic E-state index is 0.0471. The van der Waals surface area contributed by atoms with Crippen LogP contribution in [0.2, 0.25) is 0 Å². The van der Waals surface area contributed by atoms with Crippen LogP contribution in [0.5, 0.6) is 0 Å². The number of hydrogen-bond donors (Lipinski definition) is 3. The van der Waals surface area contributed by atoms with Crippen LogP contribution >= 0.6 is 11.8 Å². The Morgan fingerprint density at radius 2 is 1.94 bits per heavy atom. The van der Waals surface area contributed by atoms with Gasteiger partial charge in [0.25, 0.3) is 0 Å². The normalized spacial score (nSPS) is 33.6.